The molecule has 2 rings (SSSR count). The second-order valence-electron chi connectivity index (χ2n) is 4.97. The smallest absolute Gasteiger partial charge is 0.274 e. The van der Waals surface area contributed by atoms with Crippen LogP contribution in [0.5, 0.6) is 0 Å². The molecule has 2 N–H and O–H groups in total. The van der Waals surface area contributed by atoms with Crippen LogP contribution in [-0.4, -0.2) is 24.5 Å². The van der Waals surface area contributed by atoms with Gasteiger partial charge in [-0.15, -0.1) is 24.0 Å². The van der Waals surface area contributed by atoms with Crippen molar-refractivity contribution in [1.29, 1.82) is 0 Å². The van der Waals surface area contributed by atoms with Crippen LogP contribution in [0.1, 0.15) is 11.1 Å². The summed E-state index contributed by atoms with van der Waals surface area (Å²) in [6.45, 7) is 1.09. The first kappa shape index (κ1) is 19.9. The maximum absolute atomic E-state index is 11.0. The molecule has 0 aliphatic rings. The quantitative estimate of drug-likeness (QED) is 0.238. The lowest BCUT2D eigenvalue weighted by atomic mass is 10.1. The molecule has 2 aromatic carbocycles. The van der Waals surface area contributed by atoms with Crippen LogP contribution < -0.4 is 10.6 Å². The van der Waals surface area contributed by atoms with Gasteiger partial charge < -0.3 is 10.6 Å². The largest absolute Gasteiger partial charge is 0.356 e. The predicted molar refractivity (Wildman–Crippen MR) is 107 cm³/mol. The van der Waals surface area contributed by atoms with Crippen LogP contribution in [0.25, 0.3) is 0 Å². The Kier molecular flexibility index (Phi) is 8.77. The summed E-state index contributed by atoms with van der Waals surface area (Å²) in [6.07, 6.45) is 0.882. The molecule has 0 aromatic heterocycles. The van der Waals surface area contributed by atoms with E-state index >= 15 is 0 Å². The zero-order valence-corrected chi connectivity index (χ0v) is 15.8. The van der Waals surface area contributed by atoms with Crippen molar-refractivity contribution >= 4 is 35.6 Å². The molecule has 0 unspecified atom stereocenters. The Morgan fingerprint density at radius 1 is 1.08 bits per heavy atom. The molecular weight excluding hydrogens is 419 g/mol. The summed E-state index contributed by atoms with van der Waals surface area (Å²) >= 11 is 0. The van der Waals surface area contributed by atoms with Gasteiger partial charge in [-0.3, -0.25) is 15.1 Å². The minimum Gasteiger partial charge on any atom is -0.356 e. The Morgan fingerprint density at radius 2 is 1.75 bits per heavy atom. The number of nitro groups is 1. The molecule has 0 saturated carbocycles. The van der Waals surface area contributed by atoms with E-state index in [1.54, 1.807) is 25.2 Å². The minimum absolute atomic E-state index is 0. The molecule has 128 valence electrons. The summed E-state index contributed by atoms with van der Waals surface area (Å²) in [5, 5.41) is 17.3. The third kappa shape index (κ3) is 6.15. The number of para-hydroxylation sites is 1. The normalized spacial score (nSPS) is 10.6. The number of benzene rings is 2. The number of aliphatic imine (C=N–C) groups is 1. The Bertz CT molecular complexity index is 677. The van der Waals surface area contributed by atoms with E-state index in [0.29, 0.717) is 18.1 Å². The van der Waals surface area contributed by atoms with Crippen molar-refractivity contribution in [3.63, 3.8) is 0 Å². The fourth-order valence-corrected chi connectivity index (χ4v) is 2.21. The topological polar surface area (TPSA) is 79.6 Å². The molecule has 0 bridgehead atoms. The van der Waals surface area contributed by atoms with Gasteiger partial charge >= 0.3 is 0 Å². The fourth-order valence-electron chi connectivity index (χ4n) is 2.21. The maximum atomic E-state index is 11.0. The molecule has 2 aromatic rings. The van der Waals surface area contributed by atoms with Gasteiger partial charge in [-0.1, -0.05) is 48.5 Å². The monoisotopic (exact) mass is 440 g/mol. The highest BCUT2D eigenvalue weighted by atomic mass is 127. The van der Waals surface area contributed by atoms with Crippen molar-refractivity contribution in [3.8, 4) is 0 Å². The standard InChI is InChI=1S/C17H20N4O2.HI/c1-18-17(19-12-11-14-7-3-2-4-8-14)20-13-15-9-5-6-10-16(15)21(22)23;/h2-10H,11-13H2,1H3,(H2,18,19,20);1H. The molecule has 0 saturated heterocycles. The highest BCUT2D eigenvalue weighted by molar-refractivity contribution is 14.0. The number of nitrogens with one attached hydrogen (secondary N) is 2. The van der Waals surface area contributed by atoms with Crippen molar-refractivity contribution in [2.45, 2.75) is 13.0 Å². The van der Waals surface area contributed by atoms with Crippen molar-refractivity contribution < 1.29 is 4.92 Å². The van der Waals surface area contributed by atoms with Crippen molar-refractivity contribution in [3.05, 3.63) is 75.8 Å². The number of hydrogen-bond acceptors (Lipinski definition) is 3. The van der Waals surface area contributed by atoms with Crippen molar-refractivity contribution in [2.24, 2.45) is 4.99 Å². The van der Waals surface area contributed by atoms with Gasteiger partial charge in [0.1, 0.15) is 0 Å². The third-order valence-corrected chi connectivity index (χ3v) is 3.41. The Morgan fingerprint density at radius 3 is 2.42 bits per heavy atom. The predicted octanol–water partition coefficient (Wildman–Crippen LogP) is 3.12. The molecule has 0 atom stereocenters. The zero-order valence-electron chi connectivity index (χ0n) is 13.4. The molecule has 7 heteroatoms. The van der Waals surface area contributed by atoms with Gasteiger partial charge in [0.25, 0.3) is 5.69 Å². The Labute approximate surface area is 158 Å². The molecule has 24 heavy (non-hydrogen) atoms. The second-order valence-corrected chi connectivity index (χ2v) is 4.97. The van der Waals surface area contributed by atoms with Crippen LogP contribution in [0, 0.1) is 10.1 Å². The third-order valence-electron chi connectivity index (χ3n) is 3.41. The number of guanidine groups is 1. The van der Waals surface area contributed by atoms with E-state index in [9.17, 15) is 10.1 Å². The Balaban J connectivity index is 0.00000288. The lowest BCUT2D eigenvalue weighted by Gasteiger charge is -2.12. The van der Waals surface area contributed by atoms with Gasteiger partial charge in [-0.05, 0) is 12.0 Å². The Hall–Kier alpha value is -2.16. The average molecular weight is 440 g/mol. The van der Waals surface area contributed by atoms with Gasteiger partial charge in [0, 0.05) is 31.8 Å². The first-order valence-corrected chi connectivity index (χ1v) is 7.41. The summed E-state index contributed by atoms with van der Waals surface area (Å²) in [5.41, 5.74) is 1.98. The molecular formula is C17H21IN4O2. The molecule has 0 spiro atoms. The van der Waals surface area contributed by atoms with Crippen molar-refractivity contribution in [1.82, 2.24) is 10.6 Å². The number of halogens is 1. The van der Waals surface area contributed by atoms with Crippen molar-refractivity contribution in [2.75, 3.05) is 13.6 Å². The SMILES string of the molecule is CN=C(NCCc1ccccc1)NCc1ccccc1[N+](=O)[O-].I. The summed E-state index contributed by atoms with van der Waals surface area (Å²) < 4.78 is 0. The van der Waals surface area contributed by atoms with Gasteiger partial charge in [0.2, 0.25) is 0 Å². The van der Waals surface area contributed by atoms with E-state index in [0.717, 1.165) is 13.0 Å². The van der Waals surface area contributed by atoms with Crippen LogP contribution in [0.3, 0.4) is 0 Å². The fraction of sp³-hybridized carbons (Fsp3) is 0.235. The molecule has 6 nitrogen and oxygen atoms in total. The van der Waals surface area contributed by atoms with E-state index in [4.69, 9.17) is 0 Å². The van der Waals surface area contributed by atoms with Gasteiger partial charge in [-0.2, -0.15) is 0 Å². The van der Waals surface area contributed by atoms with Gasteiger partial charge in [-0.25, -0.2) is 0 Å². The van der Waals surface area contributed by atoms with Gasteiger partial charge in [0.05, 0.1) is 4.92 Å². The van der Waals surface area contributed by atoms with E-state index in [1.807, 2.05) is 18.2 Å². The highest BCUT2D eigenvalue weighted by Crippen LogP contribution is 2.16. The first-order chi connectivity index (χ1) is 11.2. The van der Waals surface area contributed by atoms with E-state index < -0.39 is 0 Å². The summed E-state index contributed by atoms with van der Waals surface area (Å²) in [6, 6.07) is 16.9. The molecule has 0 amide bonds. The van der Waals surface area contributed by atoms with E-state index in [2.05, 4.69) is 27.8 Å². The van der Waals surface area contributed by atoms with E-state index in [1.165, 1.54) is 11.6 Å². The molecule has 0 radical (unpaired) electrons. The zero-order chi connectivity index (χ0) is 16.5. The summed E-state index contributed by atoms with van der Waals surface area (Å²) in [5.74, 6) is 0.624. The summed E-state index contributed by atoms with van der Waals surface area (Å²) in [4.78, 5) is 14.8. The first-order valence-electron chi connectivity index (χ1n) is 7.41. The number of hydrogen-bond donors (Lipinski definition) is 2. The lowest BCUT2D eigenvalue weighted by molar-refractivity contribution is -0.385. The lowest BCUT2D eigenvalue weighted by Crippen LogP contribution is -2.37. The molecule has 0 aliphatic heterocycles. The number of rotatable bonds is 6. The highest BCUT2D eigenvalue weighted by Gasteiger charge is 2.12. The van der Waals surface area contributed by atoms with Crippen LogP contribution in [-0.2, 0) is 13.0 Å². The average Bonchev–Trinajstić information content (AvgIpc) is 2.59. The van der Waals surface area contributed by atoms with Crippen LogP contribution in [0.15, 0.2) is 59.6 Å². The van der Waals surface area contributed by atoms with E-state index in [-0.39, 0.29) is 34.6 Å². The summed E-state index contributed by atoms with van der Waals surface area (Å²) in [7, 11) is 1.68. The molecule has 0 aliphatic carbocycles. The van der Waals surface area contributed by atoms with Gasteiger partial charge in [0.15, 0.2) is 5.96 Å². The number of nitrogens with zero attached hydrogens (tertiary/aromatic N) is 2. The van der Waals surface area contributed by atoms with Crippen LogP contribution in [0.2, 0.25) is 0 Å². The number of nitro benzene ring substituents is 1. The van der Waals surface area contributed by atoms with Crippen LogP contribution in [0.4, 0.5) is 5.69 Å². The molecule has 0 heterocycles. The maximum Gasteiger partial charge on any atom is 0.274 e. The second kappa shape index (κ2) is 10.6. The minimum atomic E-state index is -0.372. The van der Waals surface area contributed by atoms with Crippen LogP contribution >= 0.6 is 24.0 Å². The molecule has 0 fully saturated rings.